The summed E-state index contributed by atoms with van der Waals surface area (Å²) in [5.74, 6) is 0.841. The van der Waals surface area contributed by atoms with Crippen LogP contribution in [0.15, 0.2) is 0 Å². The molecule has 0 aromatic carbocycles. The van der Waals surface area contributed by atoms with Crippen LogP contribution in [-0.2, 0) is 65.4 Å². The first kappa shape index (κ1) is 88.1. The van der Waals surface area contributed by atoms with Gasteiger partial charge in [-0.15, -0.1) is 0 Å². The van der Waals surface area contributed by atoms with Gasteiger partial charge in [-0.3, -0.25) is 37.3 Å². The minimum absolute atomic E-state index is 0.103. The fourth-order valence-electron chi connectivity index (χ4n) is 10.6. The normalized spacial score (nSPS) is 14.6. The van der Waals surface area contributed by atoms with Crippen LogP contribution in [0.4, 0.5) is 0 Å². The lowest BCUT2D eigenvalue weighted by Gasteiger charge is -2.21. The van der Waals surface area contributed by atoms with E-state index >= 15 is 0 Å². The summed E-state index contributed by atoms with van der Waals surface area (Å²) in [6.07, 6.45) is 43.3. The molecule has 0 heterocycles. The number of phosphoric ester groups is 2. The van der Waals surface area contributed by atoms with Crippen molar-refractivity contribution in [1.82, 2.24) is 0 Å². The zero-order valence-electron chi connectivity index (χ0n) is 58.8. The van der Waals surface area contributed by atoms with Gasteiger partial charge in [0.15, 0.2) is 12.2 Å². The Morgan fingerprint density at radius 1 is 0.311 bits per heavy atom. The first-order valence-corrected chi connectivity index (χ1v) is 39.7. The Balaban J connectivity index is 5.20. The summed E-state index contributed by atoms with van der Waals surface area (Å²) >= 11 is 0. The molecule has 534 valence electrons. The highest BCUT2D eigenvalue weighted by atomic mass is 31.2. The van der Waals surface area contributed by atoms with E-state index in [1.54, 1.807) is 0 Å². The number of carbonyl (C=O) groups is 4. The van der Waals surface area contributed by atoms with E-state index in [9.17, 15) is 43.2 Å². The van der Waals surface area contributed by atoms with Crippen LogP contribution < -0.4 is 0 Å². The number of phosphoric acid groups is 2. The number of unbranched alkanes of at least 4 members (excludes halogenated alkanes) is 33. The van der Waals surface area contributed by atoms with E-state index in [2.05, 4.69) is 55.4 Å². The molecule has 6 atom stereocenters. The van der Waals surface area contributed by atoms with E-state index in [0.717, 1.165) is 114 Å². The molecule has 3 unspecified atom stereocenters. The standard InChI is InChI=1S/C71H138O17P2/c1-9-64(8)50-42-34-25-20-22-28-38-46-54-71(76)88-67(58-82-69(74)52-44-36-30-29-33-41-49-63(6)7)60-86-90(79,80)84-56-65(72)55-83-89(77,78)85-59-66(87-70(75)53-45-37-27-21-19-24-32-40-48-62(4)5)57-81-68(73)51-43-35-26-18-16-14-12-10-11-13-15-17-23-31-39-47-61(2)3/h61-67,72H,9-60H2,1-8H3,(H,77,78)(H,79,80)/t64?,65-,66-,67-/m1/s1. The monoisotopic (exact) mass is 1320 g/mol. The summed E-state index contributed by atoms with van der Waals surface area (Å²) in [5, 5.41) is 10.6. The van der Waals surface area contributed by atoms with Gasteiger partial charge in [-0.2, -0.15) is 0 Å². The van der Waals surface area contributed by atoms with Crippen molar-refractivity contribution in [3.05, 3.63) is 0 Å². The number of aliphatic hydroxyl groups excluding tert-OH is 1. The summed E-state index contributed by atoms with van der Waals surface area (Å²) < 4.78 is 68.3. The van der Waals surface area contributed by atoms with Crippen LogP contribution in [0.3, 0.4) is 0 Å². The number of esters is 4. The van der Waals surface area contributed by atoms with Crippen LogP contribution in [0, 0.1) is 23.7 Å². The SMILES string of the molecule is CCC(C)CCCCCCCCCCC(=O)O[C@H](COC(=O)CCCCCCCCC(C)C)COP(=O)(O)OC[C@H](O)COP(=O)(O)OC[C@@H](COC(=O)CCCCCCCCCCCCCCCCCC(C)C)OC(=O)CCCCCCCCCCC(C)C. The second kappa shape index (κ2) is 60.7. The van der Waals surface area contributed by atoms with Gasteiger partial charge in [0.2, 0.25) is 0 Å². The Kier molecular flexibility index (Phi) is 59.4. The fraction of sp³-hybridized carbons (Fsp3) is 0.944. The molecule has 0 saturated carbocycles. The van der Waals surface area contributed by atoms with E-state index < -0.39 is 97.5 Å². The summed E-state index contributed by atoms with van der Waals surface area (Å²) in [5.41, 5.74) is 0. The topological polar surface area (TPSA) is 237 Å². The molecule has 17 nitrogen and oxygen atoms in total. The first-order valence-electron chi connectivity index (χ1n) is 36.7. The average Bonchev–Trinajstić information content (AvgIpc) is 3.03. The zero-order chi connectivity index (χ0) is 66.8. The van der Waals surface area contributed by atoms with Gasteiger partial charge in [0.1, 0.15) is 19.3 Å². The minimum Gasteiger partial charge on any atom is -0.462 e. The third-order valence-corrected chi connectivity index (χ3v) is 18.6. The van der Waals surface area contributed by atoms with Crippen molar-refractivity contribution in [1.29, 1.82) is 0 Å². The summed E-state index contributed by atoms with van der Waals surface area (Å²) in [4.78, 5) is 72.5. The quantitative estimate of drug-likeness (QED) is 0.0222. The Morgan fingerprint density at radius 2 is 0.533 bits per heavy atom. The van der Waals surface area contributed by atoms with Crippen molar-refractivity contribution in [2.75, 3.05) is 39.6 Å². The molecule has 0 radical (unpaired) electrons. The number of carbonyl (C=O) groups excluding carboxylic acids is 4. The Hall–Kier alpha value is -1.94. The van der Waals surface area contributed by atoms with E-state index in [1.807, 2.05) is 0 Å². The number of ether oxygens (including phenoxy) is 4. The van der Waals surface area contributed by atoms with Gasteiger partial charge in [-0.25, -0.2) is 9.13 Å². The van der Waals surface area contributed by atoms with Gasteiger partial charge < -0.3 is 33.8 Å². The molecule has 0 fully saturated rings. The van der Waals surface area contributed by atoms with Crippen LogP contribution in [-0.4, -0.2) is 96.7 Å². The van der Waals surface area contributed by atoms with E-state index in [1.165, 1.54) is 148 Å². The molecule has 19 heteroatoms. The number of hydrogen-bond acceptors (Lipinski definition) is 15. The predicted molar refractivity (Wildman–Crippen MR) is 363 cm³/mol. The van der Waals surface area contributed by atoms with Gasteiger partial charge in [0.25, 0.3) is 0 Å². The number of aliphatic hydroxyl groups is 1. The van der Waals surface area contributed by atoms with E-state index in [4.69, 9.17) is 37.0 Å². The molecule has 90 heavy (non-hydrogen) atoms. The molecular formula is C71H138O17P2. The van der Waals surface area contributed by atoms with Crippen molar-refractivity contribution in [3.8, 4) is 0 Å². The minimum atomic E-state index is -4.95. The molecule has 0 rings (SSSR count). The van der Waals surface area contributed by atoms with Crippen molar-refractivity contribution in [2.24, 2.45) is 23.7 Å². The van der Waals surface area contributed by atoms with Gasteiger partial charge in [-0.05, 0) is 49.4 Å². The highest BCUT2D eigenvalue weighted by Gasteiger charge is 2.30. The van der Waals surface area contributed by atoms with Crippen LogP contribution in [0.5, 0.6) is 0 Å². The van der Waals surface area contributed by atoms with Gasteiger partial charge in [0.05, 0.1) is 26.4 Å². The van der Waals surface area contributed by atoms with Crippen molar-refractivity contribution < 1.29 is 80.2 Å². The third-order valence-electron chi connectivity index (χ3n) is 16.7. The molecule has 0 aliphatic rings. The number of hydrogen-bond donors (Lipinski definition) is 3. The largest absolute Gasteiger partial charge is 0.472 e. The van der Waals surface area contributed by atoms with Crippen molar-refractivity contribution in [3.63, 3.8) is 0 Å². The van der Waals surface area contributed by atoms with Crippen LogP contribution in [0.25, 0.3) is 0 Å². The van der Waals surface area contributed by atoms with E-state index in [-0.39, 0.29) is 25.7 Å². The van der Waals surface area contributed by atoms with Crippen molar-refractivity contribution >= 4 is 39.5 Å². The third kappa shape index (κ3) is 63.5. The second-order valence-electron chi connectivity index (χ2n) is 27.3. The lowest BCUT2D eigenvalue weighted by Crippen LogP contribution is -2.30. The van der Waals surface area contributed by atoms with Crippen LogP contribution in [0.2, 0.25) is 0 Å². The molecule has 0 saturated heterocycles. The van der Waals surface area contributed by atoms with Gasteiger partial charge >= 0.3 is 39.5 Å². The molecule has 0 bridgehead atoms. The Morgan fingerprint density at radius 3 is 0.789 bits per heavy atom. The maximum Gasteiger partial charge on any atom is 0.472 e. The highest BCUT2D eigenvalue weighted by molar-refractivity contribution is 7.47. The number of rotatable bonds is 68. The van der Waals surface area contributed by atoms with Crippen LogP contribution >= 0.6 is 15.6 Å². The zero-order valence-corrected chi connectivity index (χ0v) is 60.6. The second-order valence-corrected chi connectivity index (χ2v) is 30.2. The first-order chi connectivity index (χ1) is 43.1. The lowest BCUT2D eigenvalue weighted by atomic mass is 9.99. The van der Waals surface area contributed by atoms with Gasteiger partial charge in [-0.1, -0.05) is 299 Å². The summed E-state index contributed by atoms with van der Waals surface area (Å²) in [7, 11) is -9.90. The van der Waals surface area contributed by atoms with E-state index in [0.29, 0.717) is 31.6 Å². The maximum absolute atomic E-state index is 13.0. The predicted octanol–water partition coefficient (Wildman–Crippen LogP) is 20.1. The maximum atomic E-state index is 13.0. The molecule has 0 spiro atoms. The van der Waals surface area contributed by atoms with Gasteiger partial charge in [0, 0.05) is 25.7 Å². The molecule has 0 aliphatic heterocycles. The Labute approximate surface area is 549 Å². The summed E-state index contributed by atoms with van der Waals surface area (Å²) in [6.45, 7) is 14.1. The molecular weight excluding hydrogens is 1190 g/mol. The molecule has 0 aromatic heterocycles. The average molecular weight is 1330 g/mol. The fourth-order valence-corrected chi connectivity index (χ4v) is 12.2. The summed E-state index contributed by atoms with van der Waals surface area (Å²) in [6, 6.07) is 0. The highest BCUT2D eigenvalue weighted by Crippen LogP contribution is 2.45. The van der Waals surface area contributed by atoms with Crippen LogP contribution in [0.1, 0.15) is 351 Å². The molecule has 3 N–H and O–H groups in total. The lowest BCUT2D eigenvalue weighted by molar-refractivity contribution is -0.161. The molecule has 0 amide bonds. The Bertz CT molecular complexity index is 1780. The molecule has 0 aliphatic carbocycles. The smallest absolute Gasteiger partial charge is 0.462 e. The van der Waals surface area contributed by atoms with Crippen molar-refractivity contribution in [2.45, 2.75) is 369 Å². The molecule has 0 aromatic rings.